The van der Waals surface area contributed by atoms with E-state index >= 15 is 0 Å². The minimum atomic E-state index is 0.0208. The minimum absolute atomic E-state index is 0.0208. The zero-order valence-electron chi connectivity index (χ0n) is 11.3. The van der Waals surface area contributed by atoms with Gasteiger partial charge >= 0.3 is 0 Å². The van der Waals surface area contributed by atoms with Crippen LogP contribution < -0.4 is 0 Å². The van der Waals surface area contributed by atoms with Gasteiger partial charge in [-0.15, -0.1) is 0 Å². The molecule has 3 rings (SSSR count). The van der Waals surface area contributed by atoms with Crippen molar-refractivity contribution in [1.29, 1.82) is 0 Å². The first kappa shape index (κ1) is 14.6. The lowest BCUT2D eigenvalue weighted by molar-refractivity contribution is 0.432. The van der Waals surface area contributed by atoms with E-state index in [1.165, 1.54) is 4.68 Å². The van der Waals surface area contributed by atoms with Gasteiger partial charge in [-0.05, 0) is 35.9 Å². The molecule has 0 saturated carbocycles. The number of nitrogens with zero attached hydrogens (tertiary/aromatic N) is 3. The van der Waals surface area contributed by atoms with Gasteiger partial charge in [-0.25, -0.2) is 4.98 Å². The lowest BCUT2D eigenvalue weighted by atomic mass is 10.2. The van der Waals surface area contributed by atoms with Crippen molar-refractivity contribution in [2.75, 3.05) is 0 Å². The molecule has 0 radical (unpaired) electrons. The summed E-state index contributed by atoms with van der Waals surface area (Å²) in [7, 11) is 0. The second-order valence-electron chi connectivity index (χ2n) is 4.53. The normalized spacial score (nSPS) is 11.2. The van der Waals surface area contributed by atoms with Crippen LogP contribution in [0.1, 0.15) is 11.3 Å². The highest BCUT2D eigenvalue weighted by molar-refractivity contribution is 6.42. The van der Waals surface area contributed by atoms with E-state index in [2.05, 4.69) is 10.1 Å². The third-order valence-corrected chi connectivity index (χ3v) is 3.70. The fourth-order valence-corrected chi connectivity index (χ4v) is 2.22. The van der Waals surface area contributed by atoms with Crippen molar-refractivity contribution in [3.05, 3.63) is 70.0 Å². The maximum absolute atomic E-state index is 9.95. The molecule has 2 aromatic heterocycles. The van der Waals surface area contributed by atoms with E-state index < -0.39 is 0 Å². The van der Waals surface area contributed by atoms with Crippen molar-refractivity contribution in [3.8, 4) is 11.7 Å². The zero-order chi connectivity index (χ0) is 15.5. The Labute approximate surface area is 137 Å². The zero-order valence-corrected chi connectivity index (χ0v) is 12.8. The molecule has 6 heteroatoms. The summed E-state index contributed by atoms with van der Waals surface area (Å²) in [5, 5.41) is 15.2. The fraction of sp³-hybridized carbons (Fsp3) is 0. The highest BCUT2D eigenvalue weighted by Gasteiger charge is 2.07. The Bertz CT molecular complexity index is 829. The second-order valence-corrected chi connectivity index (χ2v) is 5.35. The van der Waals surface area contributed by atoms with Crippen LogP contribution in [0.15, 0.2) is 48.7 Å². The van der Waals surface area contributed by atoms with E-state index in [1.807, 2.05) is 18.2 Å². The highest BCUT2D eigenvalue weighted by atomic mass is 35.5. The van der Waals surface area contributed by atoms with Crippen LogP contribution in [0.2, 0.25) is 10.0 Å². The van der Waals surface area contributed by atoms with Gasteiger partial charge in [0.25, 0.3) is 0 Å². The van der Waals surface area contributed by atoms with Crippen LogP contribution in [0.4, 0.5) is 0 Å². The smallest absolute Gasteiger partial charge is 0.216 e. The Morgan fingerprint density at radius 2 is 1.86 bits per heavy atom. The number of rotatable bonds is 3. The number of aromatic hydroxyl groups is 1. The average molecular weight is 332 g/mol. The van der Waals surface area contributed by atoms with E-state index in [9.17, 15) is 5.11 Å². The molecule has 0 fully saturated rings. The Hall–Kier alpha value is -2.30. The molecule has 3 aromatic rings. The monoisotopic (exact) mass is 331 g/mol. The number of halogens is 2. The van der Waals surface area contributed by atoms with Crippen LogP contribution in [0.5, 0.6) is 5.88 Å². The SMILES string of the molecule is Oc1cc(/C=C/c2ccc(Cl)c(Cl)c2)nn1-c1ccccn1. The van der Waals surface area contributed by atoms with Crippen LogP contribution in [-0.4, -0.2) is 19.9 Å². The molecule has 0 bridgehead atoms. The van der Waals surface area contributed by atoms with E-state index in [1.54, 1.807) is 42.6 Å². The maximum atomic E-state index is 9.95. The molecule has 4 nitrogen and oxygen atoms in total. The molecule has 0 aliphatic carbocycles. The van der Waals surface area contributed by atoms with Gasteiger partial charge in [0, 0.05) is 12.3 Å². The van der Waals surface area contributed by atoms with Gasteiger partial charge in [-0.3, -0.25) is 0 Å². The van der Waals surface area contributed by atoms with Gasteiger partial charge in [-0.1, -0.05) is 41.4 Å². The molecule has 1 aromatic carbocycles. The highest BCUT2D eigenvalue weighted by Crippen LogP contribution is 2.24. The number of hydrogen-bond acceptors (Lipinski definition) is 3. The lowest BCUT2D eigenvalue weighted by Gasteiger charge is -1.99. The number of pyridine rings is 1. The third kappa shape index (κ3) is 3.13. The Morgan fingerprint density at radius 1 is 1.00 bits per heavy atom. The topological polar surface area (TPSA) is 50.9 Å². The van der Waals surface area contributed by atoms with Crippen molar-refractivity contribution in [2.24, 2.45) is 0 Å². The molecule has 0 aliphatic rings. The average Bonchev–Trinajstić information content (AvgIpc) is 2.90. The summed E-state index contributed by atoms with van der Waals surface area (Å²) < 4.78 is 1.37. The Balaban J connectivity index is 1.87. The molecule has 0 aliphatic heterocycles. The summed E-state index contributed by atoms with van der Waals surface area (Å²) in [6.07, 6.45) is 5.26. The first-order chi connectivity index (χ1) is 10.6. The van der Waals surface area contributed by atoms with Crippen LogP contribution in [-0.2, 0) is 0 Å². The van der Waals surface area contributed by atoms with Gasteiger partial charge in [0.05, 0.1) is 15.7 Å². The Kier molecular flexibility index (Phi) is 4.13. The molecular weight excluding hydrogens is 321 g/mol. The van der Waals surface area contributed by atoms with Crippen molar-refractivity contribution in [3.63, 3.8) is 0 Å². The molecule has 110 valence electrons. The van der Waals surface area contributed by atoms with E-state index in [0.29, 0.717) is 21.6 Å². The molecule has 0 atom stereocenters. The third-order valence-electron chi connectivity index (χ3n) is 2.97. The largest absolute Gasteiger partial charge is 0.493 e. The van der Waals surface area contributed by atoms with Crippen molar-refractivity contribution >= 4 is 35.4 Å². The van der Waals surface area contributed by atoms with Gasteiger partial charge < -0.3 is 5.11 Å². The van der Waals surface area contributed by atoms with Gasteiger partial charge in [0.1, 0.15) is 0 Å². The number of benzene rings is 1. The summed E-state index contributed by atoms with van der Waals surface area (Å²) in [6.45, 7) is 0. The minimum Gasteiger partial charge on any atom is -0.493 e. The summed E-state index contributed by atoms with van der Waals surface area (Å²) in [5.41, 5.74) is 1.50. The van der Waals surface area contributed by atoms with Crippen LogP contribution in [0.25, 0.3) is 18.0 Å². The first-order valence-electron chi connectivity index (χ1n) is 6.47. The van der Waals surface area contributed by atoms with Gasteiger partial charge in [0.15, 0.2) is 5.82 Å². The first-order valence-corrected chi connectivity index (χ1v) is 7.22. The standard InChI is InChI=1S/C16H11Cl2N3O/c17-13-7-5-11(9-14(13)18)4-6-12-10-16(22)21(20-12)15-3-1-2-8-19-15/h1-10,22H/b6-4+. The summed E-state index contributed by atoms with van der Waals surface area (Å²) in [6, 6.07) is 12.3. The molecule has 0 spiro atoms. The van der Waals surface area contributed by atoms with Gasteiger partial charge in [-0.2, -0.15) is 9.78 Å². The summed E-state index contributed by atoms with van der Waals surface area (Å²) >= 11 is 11.8. The van der Waals surface area contributed by atoms with Crippen molar-refractivity contribution < 1.29 is 5.11 Å². The lowest BCUT2D eigenvalue weighted by Crippen LogP contribution is -1.98. The van der Waals surface area contributed by atoms with Crippen molar-refractivity contribution in [1.82, 2.24) is 14.8 Å². The number of aromatic nitrogens is 3. The molecule has 0 amide bonds. The van der Waals surface area contributed by atoms with Gasteiger partial charge in [0.2, 0.25) is 5.88 Å². The molecular formula is C16H11Cl2N3O. The maximum Gasteiger partial charge on any atom is 0.216 e. The molecule has 22 heavy (non-hydrogen) atoms. The molecule has 1 N–H and O–H groups in total. The van der Waals surface area contributed by atoms with E-state index in [0.717, 1.165) is 5.56 Å². The fourth-order valence-electron chi connectivity index (χ4n) is 1.92. The molecule has 0 unspecified atom stereocenters. The predicted molar refractivity (Wildman–Crippen MR) is 88.4 cm³/mol. The van der Waals surface area contributed by atoms with Crippen LogP contribution in [0, 0.1) is 0 Å². The van der Waals surface area contributed by atoms with Crippen molar-refractivity contribution in [2.45, 2.75) is 0 Å². The summed E-state index contributed by atoms with van der Waals surface area (Å²) in [4.78, 5) is 4.15. The quantitative estimate of drug-likeness (QED) is 0.771. The van der Waals surface area contributed by atoms with Crippen LogP contribution >= 0.6 is 23.2 Å². The molecule has 0 saturated heterocycles. The van der Waals surface area contributed by atoms with E-state index in [4.69, 9.17) is 23.2 Å². The predicted octanol–water partition coefficient (Wildman–Crippen LogP) is 4.45. The van der Waals surface area contributed by atoms with Crippen LogP contribution in [0.3, 0.4) is 0 Å². The van der Waals surface area contributed by atoms with E-state index in [-0.39, 0.29) is 5.88 Å². The molecule has 2 heterocycles. The summed E-state index contributed by atoms with van der Waals surface area (Å²) in [5.74, 6) is 0.571. The Morgan fingerprint density at radius 3 is 2.59 bits per heavy atom. The number of hydrogen-bond donors (Lipinski definition) is 1. The second kappa shape index (κ2) is 6.22.